The van der Waals surface area contributed by atoms with Gasteiger partial charge in [-0.25, -0.2) is 0 Å². The fraction of sp³-hybridized carbons (Fsp3) is 0.235. The molecule has 0 saturated carbocycles. The molecule has 0 fully saturated rings. The molecule has 3 nitrogen and oxygen atoms in total. The first kappa shape index (κ1) is 14.1. The first-order valence-electron chi connectivity index (χ1n) is 6.81. The summed E-state index contributed by atoms with van der Waals surface area (Å²) >= 11 is 0. The summed E-state index contributed by atoms with van der Waals surface area (Å²) in [6.07, 6.45) is 1.51. The van der Waals surface area contributed by atoms with Crippen molar-refractivity contribution in [2.45, 2.75) is 25.8 Å². The van der Waals surface area contributed by atoms with E-state index in [4.69, 9.17) is 5.73 Å². The molecule has 1 amide bonds. The molecule has 1 unspecified atom stereocenters. The molecule has 0 spiro atoms. The molecule has 0 bridgehead atoms. The number of hydrogen-bond donors (Lipinski definition) is 2. The highest BCUT2D eigenvalue weighted by Gasteiger charge is 2.14. The third kappa shape index (κ3) is 4.12. The zero-order chi connectivity index (χ0) is 14.4. The van der Waals surface area contributed by atoms with Gasteiger partial charge in [0, 0.05) is 5.69 Å². The summed E-state index contributed by atoms with van der Waals surface area (Å²) in [5.41, 5.74) is 8.80. The Labute approximate surface area is 119 Å². The number of carbonyl (C=O) groups is 1. The average molecular weight is 268 g/mol. The number of anilines is 1. The summed E-state index contributed by atoms with van der Waals surface area (Å²) in [5, 5.41) is 3.20. The van der Waals surface area contributed by atoms with Gasteiger partial charge in [-0.15, -0.1) is 0 Å². The van der Waals surface area contributed by atoms with Crippen molar-refractivity contribution in [3.05, 3.63) is 65.7 Å². The zero-order valence-corrected chi connectivity index (χ0v) is 11.7. The zero-order valence-electron chi connectivity index (χ0n) is 11.7. The summed E-state index contributed by atoms with van der Waals surface area (Å²) in [6.45, 7) is 2.03. The van der Waals surface area contributed by atoms with Crippen LogP contribution in [0.4, 0.5) is 5.69 Å². The van der Waals surface area contributed by atoms with Crippen LogP contribution in [-0.4, -0.2) is 11.9 Å². The Bertz CT molecular complexity index is 549. The van der Waals surface area contributed by atoms with Crippen molar-refractivity contribution in [2.24, 2.45) is 5.73 Å². The Balaban J connectivity index is 1.97. The van der Waals surface area contributed by atoms with E-state index in [1.165, 1.54) is 11.1 Å². The molecule has 0 radical (unpaired) electrons. The van der Waals surface area contributed by atoms with E-state index in [-0.39, 0.29) is 11.9 Å². The van der Waals surface area contributed by atoms with E-state index in [0.29, 0.717) is 6.42 Å². The molecule has 104 valence electrons. The Morgan fingerprint density at radius 1 is 1.10 bits per heavy atom. The van der Waals surface area contributed by atoms with Crippen molar-refractivity contribution in [1.29, 1.82) is 0 Å². The number of hydrogen-bond acceptors (Lipinski definition) is 2. The molecule has 2 aromatic rings. The third-order valence-corrected chi connectivity index (χ3v) is 3.30. The van der Waals surface area contributed by atoms with Crippen LogP contribution in [0.3, 0.4) is 0 Å². The first-order valence-corrected chi connectivity index (χ1v) is 6.81. The van der Waals surface area contributed by atoms with Gasteiger partial charge in [0.05, 0.1) is 0 Å². The summed E-state index contributed by atoms with van der Waals surface area (Å²) < 4.78 is 0. The number of benzene rings is 2. The molecule has 1 atom stereocenters. The second-order valence-electron chi connectivity index (χ2n) is 4.99. The lowest BCUT2D eigenvalue weighted by Gasteiger charge is -2.17. The van der Waals surface area contributed by atoms with Gasteiger partial charge in [-0.1, -0.05) is 48.0 Å². The van der Waals surface area contributed by atoms with Gasteiger partial charge in [0.1, 0.15) is 6.04 Å². The lowest BCUT2D eigenvalue weighted by molar-refractivity contribution is -0.118. The van der Waals surface area contributed by atoms with Crippen molar-refractivity contribution >= 4 is 11.6 Å². The molecule has 2 rings (SSSR count). The highest BCUT2D eigenvalue weighted by Crippen LogP contribution is 2.13. The molecule has 0 aliphatic rings. The van der Waals surface area contributed by atoms with Gasteiger partial charge >= 0.3 is 0 Å². The maximum absolute atomic E-state index is 11.6. The molecule has 3 heteroatoms. The molecule has 20 heavy (non-hydrogen) atoms. The van der Waals surface area contributed by atoms with Gasteiger partial charge < -0.3 is 11.1 Å². The van der Waals surface area contributed by atoms with Crippen molar-refractivity contribution < 1.29 is 4.79 Å². The summed E-state index contributed by atoms with van der Waals surface area (Å²) in [5.74, 6) is -0.318. The fourth-order valence-electron chi connectivity index (χ4n) is 2.09. The van der Waals surface area contributed by atoms with Gasteiger partial charge in [-0.2, -0.15) is 0 Å². The van der Waals surface area contributed by atoms with Gasteiger partial charge in [0.15, 0.2) is 0 Å². The van der Waals surface area contributed by atoms with Crippen molar-refractivity contribution in [3.63, 3.8) is 0 Å². The Hall–Kier alpha value is -2.29. The molecule has 0 aliphatic carbocycles. The van der Waals surface area contributed by atoms with Crippen LogP contribution in [0.1, 0.15) is 17.5 Å². The highest BCUT2D eigenvalue weighted by atomic mass is 16.1. The maximum atomic E-state index is 11.6. The summed E-state index contributed by atoms with van der Waals surface area (Å²) in [4.78, 5) is 11.6. The lowest BCUT2D eigenvalue weighted by atomic mass is 10.0. The smallest absolute Gasteiger partial charge is 0.239 e. The van der Waals surface area contributed by atoms with Crippen molar-refractivity contribution in [3.8, 4) is 0 Å². The molecular weight excluding hydrogens is 248 g/mol. The van der Waals surface area contributed by atoms with E-state index < -0.39 is 0 Å². The van der Waals surface area contributed by atoms with Crippen LogP contribution in [-0.2, 0) is 11.2 Å². The normalized spacial score (nSPS) is 11.8. The molecule has 3 N–H and O–H groups in total. The van der Waals surface area contributed by atoms with Crippen LogP contribution in [0.5, 0.6) is 0 Å². The largest absolute Gasteiger partial charge is 0.374 e. The van der Waals surface area contributed by atoms with E-state index >= 15 is 0 Å². The van der Waals surface area contributed by atoms with E-state index in [2.05, 4.69) is 17.4 Å². The molecular formula is C17H20N2O. The van der Waals surface area contributed by atoms with Crippen LogP contribution in [0, 0.1) is 6.92 Å². The standard InChI is InChI=1S/C17H20N2O/c1-13-7-10-15(11-8-13)19-16(17(18)20)12-9-14-5-3-2-4-6-14/h2-8,10-11,16,19H,9,12H2,1H3,(H2,18,20). The van der Waals surface area contributed by atoms with Crippen molar-refractivity contribution in [2.75, 3.05) is 5.32 Å². The predicted octanol–water partition coefficient (Wildman–Crippen LogP) is 2.89. The van der Waals surface area contributed by atoms with E-state index in [0.717, 1.165) is 12.1 Å². The number of carbonyl (C=O) groups excluding carboxylic acids is 1. The van der Waals surface area contributed by atoms with Gasteiger partial charge in [0.2, 0.25) is 5.91 Å². The average Bonchev–Trinajstić information content (AvgIpc) is 2.46. The lowest BCUT2D eigenvalue weighted by Crippen LogP contribution is -2.35. The summed E-state index contributed by atoms with van der Waals surface area (Å²) in [7, 11) is 0. The van der Waals surface area contributed by atoms with Crippen molar-refractivity contribution in [1.82, 2.24) is 0 Å². The molecule has 2 aromatic carbocycles. The third-order valence-electron chi connectivity index (χ3n) is 3.30. The second kappa shape index (κ2) is 6.75. The number of aryl methyl sites for hydroxylation is 2. The second-order valence-corrected chi connectivity index (χ2v) is 4.99. The molecule has 0 heterocycles. The Morgan fingerprint density at radius 3 is 2.35 bits per heavy atom. The predicted molar refractivity (Wildman–Crippen MR) is 82.5 cm³/mol. The highest BCUT2D eigenvalue weighted by molar-refractivity contribution is 5.82. The SMILES string of the molecule is Cc1ccc(NC(CCc2ccccc2)C(N)=O)cc1. The fourth-order valence-corrected chi connectivity index (χ4v) is 2.09. The van der Waals surface area contributed by atoms with Crippen LogP contribution < -0.4 is 11.1 Å². The number of amides is 1. The van der Waals surface area contributed by atoms with Crippen LogP contribution in [0.25, 0.3) is 0 Å². The number of nitrogens with two attached hydrogens (primary N) is 1. The van der Waals surface area contributed by atoms with E-state index in [1.807, 2.05) is 49.4 Å². The molecule has 0 aliphatic heterocycles. The van der Waals surface area contributed by atoms with Gasteiger partial charge in [0.25, 0.3) is 0 Å². The van der Waals surface area contributed by atoms with Crippen LogP contribution in [0.2, 0.25) is 0 Å². The number of rotatable bonds is 6. The minimum absolute atomic E-state index is 0.318. The topological polar surface area (TPSA) is 55.1 Å². The minimum atomic E-state index is -0.349. The van der Waals surface area contributed by atoms with Crippen LogP contribution in [0.15, 0.2) is 54.6 Å². The monoisotopic (exact) mass is 268 g/mol. The molecule has 0 aromatic heterocycles. The van der Waals surface area contributed by atoms with Gasteiger partial charge in [-0.05, 0) is 37.5 Å². The van der Waals surface area contributed by atoms with Gasteiger partial charge in [-0.3, -0.25) is 4.79 Å². The maximum Gasteiger partial charge on any atom is 0.239 e. The quantitative estimate of drug-likeness (QED) is 0.846. The first-order chi connectivity index (χ1) is 9.65. The number of nitrogens with one attached hydrogen (secondary N) is 1. The Kier molecular flexibility index (Phi) is 4.77. The van der Waals surface area contributed by atoms with E-state index in [1.54, 1.807) is 0 Å². The van der Waals surface area contributed by atoms with Crippen LogP contribution >= 0.6 is 0 Å². The van der Waals surface area contributed by atoms with E-state index in [9.17, 15) is 4.79 Å². The summed E-state index contributed by atoms with van der Waals surface area (Å²) in [6, 6.07) is 17.7. The number of primary amides is 1. The molecule has 0 saturated heterocycles. The Morgan fingerprint density at radius 2 is 1.75 bits per heavy atom. The minimum Gasteiger partial charge on any atom is -0.374 e.